The van der Waals surface area contributed by atoms with Crippen molar-refractivity contribution in [2.75, 3.05) is 5.75 Å². The van der Waals surface area contributed by atoms with Gasteiger partial charge in [-0.3, -0.25) is 4.79 Å². The Morgan fingerprint density at radius 3 is 2.08 bits per heavy atom. The van der Waals surface area contributed by atoms with Crippen LogP contribution in [-0.4, -0.2) is 34.3 Å². The number of aliphatic hydroxyl groups excluding tert-OH is 1. The normalized spacial score (nSPS) is 21.0. The smallest absolute Gasteiger partial charge is 0.323 e. The van der Waals surface area contributed by atoms with E-state index in [1.165, 1.54) is 70.6 Å². The average molecular weight is 373 g/mol. The molecule has 0 aromatic carbocycles. The van der Waals surface area contributed by atoms with E-state index in [9.17, 15) is 9.90 Å². The topological polar surface area (TPSA) is 46.5 Å². The molecule has 0 bridgehead atoms. The lowest BCUT2D eigenvalue weighted by atomic mass is 9.99. The Kier molecular flexibility index (Phi) is 13.6. The van der Waals surface area contributed by atoms with E-state index < -0.39 is 0 Å². The first-order valence-electron chi connectivity index (χ1n) is 10.7. The first kappa shape index (κ1) is 22.8. The van der Waals surface area contributed by atoms with Gasteiger partial charge in [0.05, 0.1) is 6.10 Å². The van der Waals surface area contributed by atoms with Crippen molar-refractivity contribution in [1.29, 1.82) is 0 Å². The first-order chi connectivity index (χ1) is 12.2. The van der Waals surface area contributed by atoms with Gasteiger partial charge >= 0.3 is 5.97 Å². The molecule has 1 heterocycles. The van der Waals surface area contributed by atoms with Crippen molar-refractivity contribution in [2.24, 2.45) is 0 Å². The molecular weight excluding hydrogens is 332 g/mol. The Morgan fingerprint density at radius 2 is 1.48 bits per heavy atom. The Balaban J connectivity index is 1.98. The molecule has 0 aromatic heterocycles. The molecule has 0 aliphatic carbocycles. The van der Waals surface area contributed by atoms with Crippen LogP contribution >= 0.6 is 11.8 Å². The van der Waals surface area contributed by atoms with Crippen LogP contribution in [0.5, 0.6) is 0 Å². The number of esters is 1. The van der Waals surface area contributed by atoms with E-state index in [1.54, 1.807) is 11.8 Å². The van der Waals surface area contributed by atoms with Gasteiger partial charge in [-0.1, -0.05) is 84.5 Å². The lowest BCUT2D eigenvalue weighted by Gasteiger charge is -2.35. The second-order valence-corrected chi connectivity index (χ2v) is 8.73. The number of thioether (sulfide) groups is 1. The summed E-state index contributed by atoms with van der Waals surface area (Å²) < 4.78 is 5.25. The molecule has 0 radical (unpaired) electrons. The van der Waals surface area contributed by atoms with Crippen molar-refractivity contribution >= 4 is 17.7 Å². The average Bonchev–Trinajstić information content (AvgIpc) is 2.59. The highest BCUT2D eigenvalue weighted by atomic mass is 32.2. The molecular formula is C21H40O3S. The Bertz CT molecular complexity index is 335. The van der Waals surface area contributed by atoms with Crippen LogP contribution in [0.1, 0.15) is 104 Å². The zero-order valence-electron chi connectivity index (χ0n) is 16.5. The number of carbonyl (C=O) groups excluding carboxylic acids is 1. The molecule has 1 rings (SSSR count). The molecule has 1 N–H and O–H groups in total. The van der Waals surface area contributed by atoms with Crippen molar-refractivity contribution in [1.82, 2.24) is 0 Å². The lowest BCUT2D eigenvalue weighted by Crippen LogP contribution is -2.49. The summed E-state index contributed by atoms with van der Waals surface area (Å²) in [5, 5.41) is 10.2. The fourth-order valence-corrected chi connectivity index (χ4v) is 4.54. The van der Waals surface area contributed by atoms with Gasteiger partial charge < -0.3 is 9.84 Å². The van der Waals surface area contributed by atoms with Crippen LogP contribution in [0.3, 0.4) is 0 Å². The molecule has 148 valence electrons. The molecule has 0 spiro atoms. The maximum atomic E-state index is 11.6. The summed E-state index contributed by atoms with van der Waals surface area (Å²) in [4.78, 5) is 11.6. The van der Waals surface area contributed by atoms with E-state index in [2.05, 4.69) is 13.8 Å². The number of cyclic esters (lactones) is 1. The van der Waals surface area contributed by atoms with Gasteiger partial charge in [-0.15, -0.1) is 11.8 Å². The quantitative estimate of drug-likeness (QED) is 0.256. The van der Waals surface area contributed by atoms with Gasteiger partial charge in [-0.05, 0) is 18.6 Å². The number of ether oxygens (including phenoxy) is 1. The molecule has 0 saturated carbocycles. The van der Waals surface area contributed by atoms with Crippen LogP contribution in [0, 0.1) is 0 Å². The van der Waals surface area contributed by atoms with Crippen molar-refractivity contribution in [3.8, 4) is 0 Å². The van der Waals surface area contributed by atoms with Crippen molar-refractivity contribution < 1.29 is 14.6 Å². The predicted octanol–water partition coefficient (Wildman–Crippen LogP) is 5.88. The number of hydrogen-bond donors (Lipinski definition) is 1. The number of hydrogen-bond acceptors (Lipinski definition) is 4. The Labute approximate surface area is 159 Å². The summed E-state index contributed by atoms with van der Waals surface area (Å²) in [5.74, 6) is 0.945. The van der Waals surface area contributed by atoms with E-state index >= 15 is 0 Å². The van der Waals surface area contributed by atoms with Crippen molar-refractivity contribution in [3.05, 3.63) is 0 Å². The minimum Gasteiger partial charge on any atom is -0.460 e. The van der Waals surface area contributed by atoms with Crippen LogP contribution < -0.4 is 0 Å². The van der Waals surface area contributed by atoms with Gasteiger partial charge in [0.2, 0.25) is 0 Å². The highest BCUT2D eigenvalue weighted by molar-refractivity contribution is 8.00. The molecule has 0 unspecified atom stereocenters. The van der Waals surface area contributed by atoms with Gasteiger partial charge in [-0.25, -0.2) is 0 Å². The molecule has 1 saturated heterocycles. The first-order valence-corrected chi connectivity index (χ1v) is 11.7. The van der Waals surface area contributed by atoms with Crippen LogP contribution in [0.2, 0.25) is 0 Å². The molecule has 0 aromatic rings. The standard InChI is InChI=1S/C21H40O3S/c1-3-5-7-8-9-10-11-12-13-15-18(22)17-19-20(21(23)24-19)25-16-14-6-4-2/h18-20,22H,3-17H2,1-2H3/t18-,19+,20+/m1/s1. The zero-order chi connectivity index (χ0) is 18.3. The largest absolute Gasteiger partial charge is 0.460 e. The second-order valence-electron chi connectivity index (χ2n) is 7.48. The van der Waals surface area contributed by atoms with Crippen LogP contribution in [-0.2, 0) is 9.53 Å². The minimum absolute atomic E-state index is 0.0328. The molecule has 4 heteroatoms. The number of carbonyl (C=O) groups is 1. The maximum Gasteiger partial charge on any atom is 0.323 e. The van der Waals surface area contributed by atoms with Gasteiger partial charge in [0.1, 0.15) is 11.4 Å². The lowest BCUT2D eigenvalue weighted by molar-refractivity contribution is -0.169. The molecule has 25 heavy (non-hydrogen) atoms. The third-order valence-corrected chi connectivity index (χ3v) is 6.41. The third-order valence-electron chi connectivity index (χ3n) is 5.03. The summed E-state index contributed by atoms with van der Waals surface area (Å²) >= 11 is 1.72. The number of unbranched alkanes of at least 4 members (excludes halogenated alkanes) is 10. The third kappa shape index (κ3) is 10.5. The molecule has 1 fully saturated rings. The van der Waals surface area contributed by atoms with E-state index in [-0.39, 0.29) is 23.4 Å². The summed E-state index contributed by atoms with van der Waals surface area (Å²) in [6.07, 6.45) is 16.4. The van der Waals surface area contributed by atoms with Crippen LogP contribution in [0.15, 0.2) is 0 Å². The molecule has 3 nitrogen and oxygen atoms in total. The predicted molar refractivity (Wildman–Crippen MR) is 108 cm³/mol. The van der Waals surface area contributed by atoms with E-state index in [0.717, 1.165) is 18.6 Å². The van der Waals surface area contributed by atoms with E-state index in [1.807, 2.05) is 0 Å². The fraction of sp³-hybridized carbons (Fsp3) is 0.952. The highest BCUT2D eigenvalue weighted by Crippen LogP contribution is 2.32. The van der Waals surface area contributed by atoms with Crippen LogP contribution in [0.4, 0.5) is 0 Å². The molecule has 1 aliphatic rings. The minimum atomic E-state index is -0.318. The van der Waals surface area contributed by atoms with E-state index in [4.69, 9.17) is 4.74 Å². The summed E-state index contributed by atoms with van der Waals surface area (Å²) in [7, 11) is 0. The summed E-state index contributed by atoms with van der Waals surface area (Å²) in [6, 6.07) is 0. The van der Waals surface area contributed by atoms with Crippen LogP contribution in [0.25, 0.3) is 0 Å². The monoisotopic (exact) mass is 372 g/mol. The maximum absolute atomic E-state index is 11.6. The van der Waals surface area contributed by atoms with Gasteiger partial charge in [0.15, 0.2) is 0 Å². The molecule has 0 amide bonds. The molecule has 1 aliphatic heterocycles. The van der Waals surface area contributed by atoms with Gasteiger partial charge in [0.25, 0.3) is 0 Å². The van der Waals surface area contributed by atoms with Gasteiger partial charge in [-0.2, -0.15) is 0 Å². The summed E-state index contributed by atoms with van der Waals surface area (Å²) in [6.45, 7) is 4.44. The molecule has 3 atom stereocenters. The van der Waals surface area contributed by atoms with Gasteiger partial charge in [0, 0.05) is 6.42 Å². The zero-order valence-corrected chi connectivity index (χ0v) is 17.3. The Hall–Kier alpha value is -0.220. The SMILES string of the molecule is CCCCCCCCCCC[C@@H](O)C[C@@H]1OC(=O)[C@H]1SCCCCC. The number of rotatable bonds is 17. The fourth-order valence-electron chi connectivity index (χ4n) is 3.34. The Morgan fingerprint density at radius 1 is 0.920 bits per heavy atom. The highest BCUT2D eigenvalue weighted by Gasteiger charge is 2.43. The second kappa shape index (κ2) is 14.9. The van der Waals surface area contributed by atoms with Crippen molar-refractivity contribution in [3.63, 3.8) is 0 Å². The number of aliphatic hydroxyl groups is 1. The van der Waals surface area contributed by atoms with Crippen molar-refractivity contribution in [2.45, 2.75) is 121 Å². The summed E-state index contributed by atoms with van der Waals surface area (Å²) in [5.41, 5.74) is 0. The van der Waals surface area contributed by atoms with E-state index in [0.29, 0.717) is 6.42 Å².